The molecule has 2 aromatic carbocycles. The Morgan fingerprint density at radius 1 is 1.08 bits per heavy atom. The number of amides is 1. The third-order valence-corrected chi connectivity index (χ3v) is 11.3. The molecule has 18 heteroatoms. The molecule has 0 aliphatic carbocycles. The molecular weight excluding hydrogens is 755 g/mol. The van der Waals surface area contributed by atoms with Crippen molar-refractivity contribution in [2.24, 2.45) is 0 Å². The molecule has 0 unspecified atom stereocenters. The fraction of sp³-hybridized carbons (Fsp3) is 0.441. The third-order valence-electron chi connectivity index (χ3n) is 8.43. The second-order valence-corrected chi connectivity index (χ2v) is 16.6. The van der Waals surface area contributed by atoms with E-state index in [1.54, 1.807) is 30.5 Å². The molecule has 1 fully saturated rings. The van der Waals surface area contributed by atoms with Crippen molar-refractivity contribution in [1.29, 1.82) is 0 Å². The number of aryl methyl sites for hydroxylation is 1. The number of nitrogens with zero attached hydrogens (tertiary/aromatic N) is 6. The molecule has 2 aromatic heterocycles. The largest absolute Gasteiger partial charge is 0.487 e. The lowest BCUT2D eigenvalue weighted by Gasteiger charge is -2.29. The molecular formula is C34H44Cl2N6O8S2. The smallest absolute Gasteiger partial charge is 0.261 e. The van der Waals surface area contributed by atoms with E-state index in [1.165, 1.54) is 16.4 Å². The van der Waals surface area contributed by atoms with Gasteiger partial charge in [-0.15, -0.1) is 0 Å². The lowest BCUT2D eigenvalue weighted by molar-refractivity contribution is -0.133. The first-order valence-electron chi connectivity index (χ1n) is 16.5. The van der Waals surface area contributed by atoms with Gasteiger partial charge in [0.25, 0.3) is 10.1 Å². The maximum Gasteiger partial charge on any atom is 0.261 e. The maximum atomic E-state index is 14.0. The standard InChI is InChI=1S/C33H40Cl2N6O5S.CH4O3S/c1-23-20-28(40-16-13-36-22-40)24-8-6-10-29(32(24)37-23)46-21-25-26(34)11-12-30(31(25)35)47(44,45)41-15-7-9-27(41)33(43)39(3)18-17-38(2)14-4-5-19-42;1-5(2,3)4/h6,8,10-13,16,20,22,27,42H,4-5,7,9,14-15,17-19,21H2,1-3H3;1H3,(H,2,3,4)/t27-;/m0./s1. The number of sulfonamides is 1. The van der Waals surface area contributed by atoms with E-state index >= 15 is 0 Å². The van der Waals surface area contributed by atoms with Crippen LogP contribution in [0, 0.1) is 6.92 Å². The van der Waals surface area contributed by atoms with Gasteiger partial charge in [0.1, 0.15) is 28.8 Å². The highest BCUT2D eigenvalue weighted by atomic mass is 35.5. The molecule has 0 spiro atoms. The molecule has 1 amide bonds. The average molecular weight is 800 g/mol. The van der Waals surface area contributed by atoms with Crippen LogP contribution in [0.2, 0.25) is 10.0 Å². The van der Waals surface area contributed by atoms with Crippen LogP contribution in [0.5, 0.6) is 5.75 Å². The summed E-state index contributed by atoms with van der Waals surface area (Å²) in [4.78, 5) is 25.9. The second-order valence-electron chi connectivity index (χ2n) is 12.5. The summed E-state index contributed by atoms with van der Waals surface area (Å²) in [7, 11) is -4.16. The van der Waals surface area contributed by atoms with E-state index in [9.17, 15) is 21.6 Å². The van der Waals surface area contributed by atoms with Crippen molar-refractivity contribution < 1.29 is 36.0 Å². The summed E-state index contributed by atoms with van der Waals surface area (Å²) in [5.41, 5.74) is 2.63. The Balaban J connectivity index is 0.00000113. The highest BCUT2D eigenvalue weighted by molar-refractivity contribution is 7.89. The molecule has 0 radical (unpaired) electrons. The highest BCUT2D eigenvalue weighted by Crippen LogP contribution is 2.37. The highest BCUT2D eigenvalue weighted by Gasteiger charge is 2.41. The van der Waals surface area contributed by atoms with Crippen molar-refractivity contribution in [3.05, 3.63) is 76.4 Å². The van der Waals surface area contributed by atoms with Crippen LogP contribution in [-0.2, 0) is 31.5 Å². The Kier molecular flexibility index (Phi) is 14.4. The number of hydrogen-bond acceptors (Lipinski definition) is 10. The van der Waals surface area contributed by atoms with Gasteiger partial charge in [-0.1, -0.05) is 35.3 Å². The summed E-state index contributed by atoms with van der Waals surface area (Å²) in [6.45, 7) is 4.04. The van der Waals surface area contributed by atoms with E-state index in [1.807, 2.05) is 42.9 Å². The van der Waals surface area contributed by atoms with Crippen molar-refractivity contribution in [2.45, 2.75) is 50.2 Å². The van der Waals surface area contributed by atoms with E-state index in [2.05, 4.69) is 9.88 Å². The third kappa shape index (κ3) is 10.6. The number of imidazole rings is 1. The molecule has 0 saturated carbocycles. The first kappa shape index (κ1) is 41.4. The van der Waals surface area contributed by atoms with E-state index < -0.39 is 26.2 Å². The Morgan fingerprint density at radius 2 is 1.81 bits per heavy atom. The quantitative estimate of drug-likeness (QED) is 0.136. The molecule has 4 aromatic rings. The number of pyridine rings is 1. The van der Waals surface area contributed by atoms with Crippen LogP contribution >= 0.6 is 23.2 Å². The predicted octanol–water partition coefficient (Wildman–Crippen LogP) is 4.43. The van der Waals surface area contributed by atoms with E-state index in [4.69, 9.17) is 42.6 Å². The number of aliphatic hydroxyl groups excluding tert-OH is 1. The minimum absolute atomic E-state index is 0.0445. The van der Waals surface area contributed by atoms with Gasteiger partial charge in [0.2, 0.25) is 15.9 Å². The molecule has 0 bridgehead atoms. The van der Waals surface area contributed by atoms with Gasteiger partial charge >= 0.3 is 0 Å². The summed E-state index contributed by atoms with van der Waals surface area (Å²) in [5.74, 6) is 0.234. The Hall–Kier alpha value is -3.35. The zero-order chi connectivity index (χ0) is 38.2. The number of para-hydroxylation sites is 1. The van der Waals surface area contributed by atoms with Gasteiger partial charge < -0.3 is 24.2 Å². The zero-order valence-electron chi connectivity index (χ0n) is 29.4. The number of rotatable bonds is 14. The van der Waals surface area contributed by atoms with Crippen LogP contribution < -0.4 is 4.74 Å². The molecule has 284 valence electrons. The lowest BCUT2D eigenvalue weighted by atomic mass is 10.1. The molecule has 5 rings (SSSR count). The fourth-order valence-electron chi connectivity index (χ4n) is 5.81. The van der Waals surface area contributed by atoms with Crippen molar-refractivity contribution in [1.82, 2.24) is 28.6 Å². The van der Waals surface area contributed by atoms with E-state index in [0.29, 0.717) is 49.0 Å². The van der Waals surface area contributed by atoms with Crippen LogP contribution in [0.1, 0.15) is 36.9 Å². The number of aromatic nitrogens is 3. The Morgan fingerprint density at radius 3 is 2.48 bits per heavy atom. The molecule has 1 aliphatic heterocycles. The molecule has 1 saturated heterocycles. The van der Waals surface area contributed by atoms with Crippen LogP contribution in [0.25, 0.3) is 16.6 Å². The van der Waals surface area contributed by atoms with E-state index in [-0.39, 0.29) is 40.6 Å². The number of aliphatic hydroxyl groups is 1. The van der Waals surface area contributed by atoms with Crippen molar-refractivity contribution in [3.63, 3.8) is 0 Å². The number of carbonyl (C=O) groups excluding carboxylic acids is 1. The number of fused-ring (bicyclic) bond motifs is 1. The molecule has 3 heterocycles. The molecule has 1 aliphatic rings. The number of likely N-dealkylation sites (N-methyl/N-ethyl adjacent to an activating group) is 2. The first-order valence-corrected chi connectivity index (χ1v) is 20.5. The minimum Gasteiger partial charge on any atom is -0.487 e. The topological polar surface area (TPSA) is 175 Å². The van der Waals surface area contributed by atoms with Crippen LogP contribution in [0.15, 0.2) is 60.0 Å². The van der Waals surface area contributed by atoms with Gasteiger partial charge in [-0.25, -0.2) is 18.4 Å². The van der Waals surface area contributed by atoms with E-state index in [0.717, 1.165) is 36.2 Å². The number of carbonyl (C=O) groups is 1. The minimum atomic E-state index is -4.15. The fourth-order valence-corrected chi connectivity index (χ4v) is 8.32. The van der Waals surface area contributed by atoms with Crippen LogP contribution in [0.4, 0.5) is 0 Å². The van der Waals surface area contributed by atoms with Gasteiger partial charge in [-0.2, -0.15) is 12.7 Å². The van der Waals surface area contributed by atoms with Gasteiger partial charge in [0.15, 0.2) is 0 Å². The number of hydrogen-bond donors (Lipinski definition) is 2. The zero-order valence-corrected chi connectivity index (χ0v) is 32.6. The summed E-state index contributed by atoms with van der Waals surface area (Å²) >= 11 is 13.4. The maximum absolute atomic E-state index is 14.0. The molecule has 1 atom stereocenters. The Labute approximate surface area is 314 Å². The van der Waals surface area contributed by atoms with Crippen molar-refractivity contribution >= 4 is 60.2 Å². The van der Waals surface area contributed by atoms with Gasteiger partial charge in [0.05, 0.1) is 23.3 Å². The monoisotopic (exact) mass is 798 g/mol. The Bertz CT molecular complexity index is 2060. The summed E-state index contributed by atoms with van der Waals surface area (Å²) in [6, 6.07) is 9.60. The molecule has 52 heavy (non-hydrogen) atoms. The lowest BCUT2D eigenvalue weighted by Crippen LogP contribution is -2.48. The summed E-state index contributed by atoms with van der Waals surface area (Å²) < 4.78 is 63.3. The summed E-state index contributed by atoms with van der Waals surface area (Å²) in [6.07, 6.45) is 8.55. The number of ether oxygens (including phenoxy) is 1. The SMILES string of the molecule is CS(=O)(=O)O.Cc1cc(-n2ccnc2)c2cccc(OCc3c(Cl)ccc(S(=O)(=O)N4CCC[C@H]4C(=O)N(C)CCN(C)CCCCO)c3Cl)c2n1. The van der Waals surface area contributed by atoms with Crippen molar-refractivity contribution in [3.8, 4) is 11.4 Å². The number of halogens is 2. The van der Waals surface area contributed by atoms with Gasteiger partial charge in [-0.3, -0.25) is 9.35 Å². The molecule has 14 nitrogen and oxygen atoms in total. The van der Waals surface area contributed by atoms with Gasteiger partial charge in [-0.05, 0) is 70.5 Å². The van der Waals surface area contributed by atoms with Crippen LogP contribution in [0.3, 0.4) is 0 Å². The second kappa shape index (κ2) is 18.1. The first-order chi connectivity index (χ1) is 24.5. The molecule has 2 N–H and O–H groups in total. The average Bonchev–Trinajstić information content (AvgIpc) is 3.80. The number of unbranched alkanes of at least 4 members (excludes halogenated alkanes) is 1. The summed E-state index contributed by atoms with van der Waals surface area (Å²) in [5, 5.41) is 10.1. The van der Waals surface area contributed by atoms with Crippen molar-refractivity contribution in [2.75, 3.05) is 53.1 Å². The van der Waals surface area contributed by atoms with Crippen LogP contribution in [-0.4, -0.2) is 120 Å². The number of benzene rings is 2. The van der Waals surface area contributed by atoms with Gasteiger partial charge in [0, 0.05) is 67.3 Å². The predicted molar refractivity (Wildman–Crippen MR) is 200 cm³/mol. The normalized spacial score (nSPS) is 15.1.